The van der Waals surface area contributed by atoms with Crippen molar-refractivity contribution in [3.8, 4) is 0 Å². The Labute approximate surface area is 84.7 Å². The van der Waals surface area contributed by atoms with Crippen LogP contribution in [0.25, 0.3) is 10.9 Å². The molecule has 0 radical (unpaired) electrons. The van der Waals surface area contributed by atoms with Crippen LogP contribution in [0.5, 0.6) is 0 Å². The molecule has 0 aliphatic carbocycles. The Balaban J connectivity index is 2.86. The third kappa shape index (κ3) is 1.48. The third-order valence-corrected chi connectivity index (χ3v) is 2.07. The number of nitrogens with zero attached hydrogens (tertiary/aromatic N) is 1. The number of carbonyl (C=O) groups is 1. The Morgan fingerprint density at radius 2 is 2.27 bits per heavy atom. The van der Waals surface area contributed by atoms with Crippen LogP contribution in [0.4, 0.5) is 0 Å². The zero-order chi connectivity index (χ0) is 10.8. The number of pyridine rings is 2. The van der Waals surface area contributed by atoms with Crippen LogP contribution in [0, 0.1) is 0 Å². The summed E-state index contributed by atoms with van der Waals surface area (Å²) in [5, 5.41) is 0.256. The molecule has 76 valence electrons. The number of nitrogens with one attached hydrogen (secondary N) is 1. The second-order valence-corrected chi connectivity index (χ2v) is 2.92. The summed E-state index contributed by atoms with van der Waals surface area (Å²) < 4.78 is 4.58. The summed E-state index contributed by atoms with van der Waals surface area (Å²) in [6.07, 6.45) is 2.95. The number of hydrogen-bond donors (Lipinski definition) is 1. The molecule has 0 aromatic carbocycles. The molecule has 15 heavy (non-hydrogen) atoms. The predicted octanol–water partition coefficient (Wildman–Crippen LogP) is 0.710. The van der Waals surface area contributed by atoms with Gasteiger partial charge in [-0.15, -0.1) is 0 Å². The van der Waals surface area contributed by atoms with Crippen LogP contribution in [0.2, 0.25) is 0 Å². The van der Waals surface area contributed by atoms with E-state index in [4.69, 9.17) is 0 Å². The topological polar surface area (TPSA) is 72.0 Å². The summed E-state index contributed by atoms with van der Waals surface area (Å²) >= 11 is 0. The van der Waals surface area contributed by atoms with Gasteiger partial charge in [0.05, 0.1) is 23.6 Å². The second-order valence-electron chi connectivity index (χ2n) is 2.92. The van der Waals surface area contributed by atoms with Gasteiger partial charge in [0.2, 0.25) is 0 Å². The van der Waals surface area contributed by atoms with E-state index in [1.54, 1.807) is 6.07 Å². The molecule has 0 bridgehead atoms. The molecule has 2 rings (SSSR count). The zero-order valence-corrected chi connectivity index (χ0v) is 7.98. The molecule has 5 nitrogen and oxygen atoms in total. The molecule has 0 spiro atoms. The van der Waals surface area contributed by atoms with Crippen molar-refractivity contribution in [1.82, 2.24) is 9.97 Å². The number of H-pyrrole nitrogens is 1. The Morgan fingerprint density at radius 1 is 1.47 bits per heavy atom. The van der Waals surface area contributed by atoms with Gasteiger partial charge in [0.25, 0.3) is 5.56 Å². The first-order valence-corrected chi connectivity index (χ1v) is 4.29. The number of ether oxygens (including phenoxy) is 1. The monoisotopic (exact) mass is 204 g/mol. The SMILES string of the molecule is COC(=O)c1ccnc2cc[nH]c(=O)c12. The lowest BCUT2D eigenvalue weighted by molar-refractivity contribution is 0.0603. The van der Waals surface area contributed by atoms with Gasteiger partial charge in [-0.1, -0.05) is 0 Å². The minimum Gasteiger partial charge on any atom is -0.465 e. The highest BCUT2D eigenvalue weighted by atomic mass is 16.5. The molecule has 0 saturated carbocycles. The molecule has 0 unspecified atom stereocenters. The molecule has 0 amide bonds. The van der Waals surface area contributed by atoms with Crippen LogP contribution in [-0.4, -0.2) is 23.0 Å². The van der Waals surface area contributed by atoms with Gasteiger partial charge in [0.15, 0.2) is 0 Å². The summed E-state index contributed by atoms with van der Waals surface area (Å²) in [6.45, 7) is 0. The number of hydrogen-bond acceptors (Lipinski definition) is 4. The smallest absolute Gasteiger partial charge is 0.338 e. The van der Waals surface area contributed by atoms with Crippen molar-refractivity contribution in [2.45, 2.75) is 0 Å². The maximum absolute atomic E-state index is 11.5. The Bertz CT molecular complexity index is 569. The highest BCUT2D eigenvalue weighted by Crippen LogP contribution is 2.11. The highest BCUT2D eigenvalue weighted by Gasteiger charge is 2.12. The third-order valence-electron chi connectivity index (χ3n) is 2.07. The first-order chi connectivity index (χ1) is 7.24. The highest BCUT2D eigenvalue weighted by molar-refractivity contribution is 6.02. The standard InChI is InChI=1S/C10H8N2O3/c1-15-10(14)6-2-4-11-7-3-5-12-9(13)8(6)7/h2-5H,1H3,(H,12,13). The van der Waals surface area contributed by atoms with Crippen LogP contribution in [-0.2, 0) is 4.74 Å². The number of carbonyl (C=O) groups excluding carboxylic acids is 1. The van der Waals surface area contributed by atoms with Crippen molar-refractivity contribution in [2.75, 3.05) is 7.11 Å². The van der Waals surface area contributed by atoms with Crippen LogP contribution >= 0.6 is 0 Å². The summed E-state index contributed by atoms with van der Waals surface area (Å²) in [4.78, 5) is 29.4. The van der Waals surface area contributed by atoms with Gasteiger partial charge in [-0.2, -0.15) is 0 Å². The first kappa shape index (κ1) is 9.39. The van der Waals surface area contributed by atoms with E-state index in [0.29, 0.717) is 5.52 Å². The van der Waals surface area contributed by atoms with Crippen molar-refractivity contribution < 1.29 is 9.53 Å². The maximum Gasteiger partial charge on any atom is 0.338 e. The molecule has 1 N–H and O–H groups in total. The van der Waals surface area contributed by atoms with Crippen molar-refractivity contribution in [3.05, 3.63) is 40.4 Å². The van der Waals surface area contributed by atoms with Gasteiger partial charge in [0.1, 0.15) is 0 Å². The average molecular weight is 204 g/mol. The van der Waals surface area contributed by atoms with Gasteiger partial charge in [-0.3, -0.25) is 9.78 Å². The number of esters is 1. The lowest BCUT2D eigenvalue weighted by Crippen LogP contribution is -2.12. The summed E-state index contributed by atoms with van der Waals surface area (Å²) in [5.41, 5.74) is 0.354. The van der Waals surface area contributed by atoms with E-state index in [0.717, 1.165) is 0 Å². The lowest BCUT2D eigenvalue weighted by atomic mass is 10.1. The number of rotatable bonds is 1. The van der Waals surface area contributed by atoms with Crippen molar-refractivity contribution in [1.29, 1.82) is 0 Å². The molecule has 0 saturated heterocycles. The molecule has 5 heteroatoms. The Hall–Kier alpha value is -2.17. The Kier molecular flexibility index (Phi) is 2.21. The number of aromatic amines is 1. The largest absolute Gasteiger partial charge is 0.465 e. The first-order valence-electron chi connectivity index (χ1n) is 4.29. The van der Waals surface area contributed by atoms with E-state index in [-0.39, 0.29) is 16.5 Å². The second kappa shape index (κ2) is 3.53. The number of aromatic nitrogens is 2. The van der Waals surface area contributed by atoms with Crippen molar-refractivity contribution in [2.24, 2.45) is 0 Å². The fourth-order valence-corrected chi connectivity index (χ4v) is 1.39. The van der Waals surface area contributed by atoms with Gasteiger partial charge < -0.3 is 9.72 Å². The summed E-state index contributed by atoms with van der Waals surface area (Å²) in [5.74, 6) is -0.542. The fourth-order valence-electron chi connectivity index (χ4n) is 1.39. The molecule has 2 heterocycles. The number of fused-ring (bicyclic) bond motifs is 1. The minimum absolute atomic E-state index is 0.226. The van der Waals surface area contributed by atoms with E-state index in [1.165, 1.54) is 25.6 Å². The van der Waals surface area contributed by atoms with E-state index < -0.39 is 5.97 Å². The van der Waals surface area contributed by atoms with Crippen LogP contribution in [0.15, 0.2) is 29.3 Å². The van der Waals surface area contributed by atoms with Gasteiger partial charge >= 0.3 is 5.97 Å². The summed E-state index contributed by atoms with van der Waals surface area (Å²) in [7, 11) is 1.27. The zero-order valence-electron chi connectivity index (χ0n) is 7.98. The molecule has 0 aliphatic heterocycles. The van der Waals surface area contributed by atoms with E-state index >= 15 is 0 Å². The lowest BCUT2D eigenvalue weighted by Gasteiger charge is -2.01. The van der Waals surface area contributed by atoms with Crippen LogP contribution in [0.3, 0.4) is 0 Å². The van der Waals surface area contributed by atoms with E-state index in [9.17, 15) is 9.59 Å². The fraction of sp³-hybridized carbons (Fsp3) is 0.100. The van der Waals surface area contributed by atoms with E-state index in [2.05, 4.69) is 14.7 Å². The number of methoxy groups -OCH3 is 1. The van der Waals surface area contributed by atoms with Crippen molar-refractivity contribution >= 4 is 16.9 Å². The molecular weight excluding hydrogens is 196 g/mol. The quantitative estimate of drug-likeness (QED) is 0.694. The average Bonchev–Trinajstić information content (AvgIpc) is 2.28. The van der Waals surface area contributed by atoms with Gasteiger partial charge in [0, 0.05) is 12.4 Å². The van der Waals surface area contributed by atoms with E-state index in [1.807, 2.05) is 0 Å². The van der Waals surface area contributed by atoms with Crippen molar-refractivity contribution in [3.63, 3.8) is 0 Å². The molecule has 2 aromatic heterocycles. The van der Waals surface area contributed by atoms with Crippen LogP contribution < -0.4 is 5.56 Å². The van der Waals surface area contributed by atoms with Gasteiger partial charge in [-0.25, -0.2) is 4.79 Å². The molecule has 0 aliphatic rings. The predicted molar refractivity (Wildman–Crippen MR) is 53.7 cm³/mol. The molecular formula is C10H8N2O3. The van der Waals surface area contributed by atoms with Crippen LogP contribution in [0.1, 0.15) is 10.4 Å². The Morgan fingerprint density at radius 3 is 3.00 bits per heavy atom. The van der Waals surface area contributed by atoms with Gasteiger partial charge in [-0.05, 0) is 12.1 Å². The summed E-state index contributed by atoms with van der Waals surface area (Å²) in [6, 6.07) is 3.09. The molecule has 0 fully saturated rings. The minimum atomic E-state index is -0.542. The maximum atomic E-state index is 11.5. The normalized spacial score (nSPS) is 10.2. The molecule has 2 aromatic rings. The molecule has 0 atom stereocenters.